The van der Waals surface area contributed by atoms with Crippen molar-refractivity contribution in [2.75, 3.05) is 71.1 Å². The van der Waals surface area contributed by atoms with Crippen molar-refractivity contribution in [2.45, 2.75) is 11.3 Å². The number of methoxy groups -OCH3 is 3. The predicted octanol–water partition coefficient (Wildman–Crippen LogP) is 3.56. The predicted molar refractivity (Wildman–Crippen MR) is 155 cm³/mol. The Morgan fingerprint density at radius 1 is 0.875 bits per heavy atom. The van der Waals surface area contributed by atoms with Gasteiger partial charge in [0.15, 0.2) is 11.5 Å². The number of nitrogens with zero attached hydrogens (tertiary/aromatic N) is 2. The van der Waals surface area contributed by atoms with Gasteiger partial charge in [-0.05, 0) is 61.5 Å². The van der Waals surface area contributed by atoms with E-state index in [0.29, 0.717) is 60.2 Å². The molecule has 0 atom stereocenters. The van der Waals surface area contributed by atoms with Crippen LogP contribution in [-0.2, 0) is 16.4 Å². The van der Waals surface area contributed by atoms with Crippen LogP contribution in [0.15, 0.2) is 65.6 Å². The summed E-state index contributed by atoms with van der Waals surface area (Å²) in [5, 5.41) is 3.25. The van der Waals surface area contributed by atoms with E-state index in [1.54, 1.807) is 55.5 Å². The SMILES string of the molecule is COc1cccc(NS(=O)(=O)c2cc(C(=O)N3CCN(C)CC3)ccc2NCCc2ccc(OC)c(OC)c2)c1. The first-order valence-electron chi connectivity index (χ1n) is 13.0. The lowest BCUT2D eigenvalue weighted by Gasteiger charge is -2.32. The van der Waals surface area contributed by atoms with E-state index in [2.05, 4.69) is 14.9 Å². The molecule has 1 fully saturated rings. The Labute approximate surface area is 235 Å². The summed E-state index contributed by atoms with van der Waals surface area (Å²) in [7, 11) is 2.63. The van der Waals surface area contributed by atoms with Crippen LogP contribution >= 0.6 is 0 Å². The molecular formula is C29H36N4O6S. The van der Waals surface area contributed by atoms with Gasteiger partial charge in [-0.15, -0.1) is 0 Å². The third kappa shape index (κ3) is 6.97. The topological polar surface area (TPSA) is 109 Å². The third-order valence-electron chi connectivity index (χ3n) is 6.81. The quantitative estimate of drug-likeness (QED) is 0.362. The number of hydrogen-bond acceptors (Lipinski definition) is 8. The largest absolute Gasteiger partial charge is 0.497 e. The number of carbonyl (C=O) groups excluding carboxylic acids is 1. The molecule has 1 aliphatic heterocycles. The second-order valence-corrected chi connectivity index (χ2v) is 11.2. The van der Waals surface area contributed by atoms with Gasteiger partial charge >= 0.3 is 0 Å². The van der Waals surface area contributed by atoms with Crippen molar-refractivity contribution in [3.05, 3.63) is 71.8 Å². The average molecular weight is 569 g/mol. The fourth-order valence-electron chi connectivity index (χ4n) is 4.49. The van der Waals surface area contributed by atoms with Crippen molar-refractivity contribution < 1.29 is 27.4 Å². The Balaban J connectivity index is 1.60. The standard InChI is InChI=1S/C29H36N4O6S/c1-32-14-16-33(17-15-32)29(34)22-9-10-25(30-13-12-21-8-11-26(38-3)27(18-21)39-4)28(19-22)40(35,36)31-23-6-5-7-24(20-23)37-2/h5-11,18-20,30-31H,12-17H2,1-4H3. The van der Waals surface area contributed by atoms with Gasteiger partial charge in [-0.2, -0.15) is 0 Å². The van der Waals surface area contributed by atoms with Crippen molar-refractivity contribution >= 4 is 27.3 Å². The van der Waals surface area contributed by atoms with E-state index in [1.807, 2.05) is 25.2 Å². The Hall–Kier alpha value is -3.96. The molecule has 3 aromatic carbocycles. The van der Waals surface area contributed by atoms with Gasteiger partial charge in [-0.3, -0.25) is 9.52 Å². The van der Waals surface area contributed by atoms with Crippen LogP contribution in [0.1, 0.15) is 15.9 Å². The maximum absolute atomic E-state index is 13.6. The summed E-state index contributed by atoms with van der Waals surface area (Å²) in [4.78, 5) is 17.2. The Bertz CT molecular complexity index is 1440. The number of hydrogen-bond donors (Lipinski definition) is 2. The van der Waals surface area contributed by atoms with Crippen molar-refractivity contribution in [1.29, 1.82) is 0 Å². The zero-order valence-electron chi connectivity index (χ0n) is 23.3. The van der Waals surface area contributed by atoms with Gasteiger partial charge in [0.05, 0.1) is 32.7 Å². The minimum absolute atomic E-state index is 0.0115. The van der Waals surface area contributed by atoms with Crippen LogP contribution in [-0.4, -0.2) is 85.2 Å². The maximum Gasteiger partial charge on any atom is 0.263 e. The highest BCUT2D eigenvalue weighted by molar-refractivity contribution is 7.92. The van der Waals surface area contributed by atoms with Gasteiger partial charge in [-0.1, -0.05) is 12.1 Å². The minimum atomic E-state index is -4.06. The average Bonchev–Trinajstić information content (AvgIpc) is 2.97. The first-order chi connectivity index (χ1) is 19.2. The molecule has 0 aliphatic carbocycles. The molecule has 0 aromatic heterocycles. The van der Waals surface area contributed by atoms with E-state index < -0.39 is 10.0 Å². The first-order valence-corrected chi connectivity index (χ1v) is 14.5. The van der Waals surface area contributed by atoms with Crippen LogP contribution in [0, 0.1) is 0 Å². The highest BCUT2D eigenvalue weighted by atomic mass is 32.2. The van der Waals surface area contributed by atoms with E-state index in [-0.39, 0.29) is 10.8 Å². The summed E-state index contributed by atoms with van der Waals surface area (Å²) >= 11 is 0. The molecule has 40 heavy (non-hydrogen) atoms. The van der Waals surface area contributed by atoms with E-state index in [0.717, 1.165) is 18.7 Å². The highest BCUT2D eigenvalue weighted by Gasteiger charge is 2.25. The van der Waals surface area contributed by atoms with Crippen LogP contribution < -0.4 is 24.2 Å². The second-order valence-electron chi connectivity index (χ2n) is 9.51. The Kier molecular flexibility index (Phi) is 9.38. The summed E-state index contributed by atoms with van der Waals surface area (Å²) < 4.78 is 45.9. The number of sulfonamides is 1. The Morgan fingerprint density at radius 2 is 1.62 bits per heavy atom. The molecule has 3 aromatic rings. The third-order valence-corrected chi connectivity index (χ3v) is 8.23. The summed E-state index contributed by atoms with van der Waals surface area (Å²) in [6.07, 6.45) is 0.602. The summed E-state index contributed by atoms with van der Waals surface area (Å²) in [6, 6.07) is 17.1. The molecule has 4 rings (SSSR count). The molecule has 0 radical (unpaired) electrons. The van der Waals surface area contributed by atoms with Crippen LogP contribution in [0.3, 0.4) is 0 Å². The van der Waals surface area contributed by atoms with Crippen molar-refractivity contribution in [1.82, 2.24) is 9.80 Å². The van der Waals surface area contributed by atoms with Gasteiger partial charge in [-0.25, -0.2) is 8.42 Å². The molecule has 0 unspecified atom stereocenters. The second kappa shape index (κ2) is 12.9. The Morgan fingerprint density at radius 3 is 2.33 bits per heavy atom. The number of ether oxygens (including phenoxy) is 3. The zero-order valence-corrected chi connectivity index (χ0v) is 24.1. The number of nitrogens with one attached hydrogen (secondary N) is 2. The minimum Gasteiger partial charge on any atom is -0.497 e. The van der Waals surface area contributed by atoms with Crippen LogP contribution in [0.25, 0.3) is 0 Å². The van der Waals surface area contributed by atoms with Gasteiger partial charge in [0, 0.05) is 44.4 Å². The molecule has 11 heteroatoms. The lowest BCUT2D eigenvalue weighted by molar-refractivity contribution is 0.0664. The smallest absolute Gasteiger partial charge is 0.263 e. The maximum atomic E-state index is 13.6. The number of carbonyl (C=O) groups is 1. The van der Waals surface area contributed by atoms with Gasteiger partial charge < -0.3 is 29.3 Å². The molecule has 1 aliphatic rings. The lowest BCUT2D eigenvalue weighted by Crippen LogP contribution is -2.47. The number of benzene rings is 3. The van der Waals surface area contributed by atoms with E-state index in [4.69, 9.17) is 14.2 Å². The first kappa shape index (κ1) is 29.0. The zero-order chi connectivity index (χ0) is 28.7. The van der Waals surface area contributed by atoms with Crippen molar-refractivity contribution in [3.8, 4) is 17.2 Å². The molecule has 1 amide bonds. The molecule has 0 saturated carbocycles. The summed E-state index contributed by atoms with van der Waals surface area (Å²) in [5.41, 5.74) is 2.06. The van der Waals surface area contributed by atoms with Crippen LogP contribution in [0.2, 0.25) is 0 Å². The number of amides is 1. The molecule has 0 spiro atoms. The monoisotopic (exact) mass is 568 g/mol. The van der Waals surface area contributed by atoms with Gasteiger partial charge in [0.25, 0.3) is 15.9 Å². The molecule has 1 heterocycles. The van der Waals surface area contributed by atoms with E-state index >= 15 is 0 Å². The molecule has 214 valence electrons. The number of likely N-dealkylation sites (N-methyl/N-ethyl adjacent to an activating group) is 1. The van der Waals surface area contributed by atoms with Crippen LogP contribution in [0.4, 0.5) is 11.4 Å². The normalized spacial score (nSPS) is 13.9. The molecule has 10 nitrogen and oxygen atoms in total. The fraction of sp³-hybridized carbons (Fsp3) is 0.345. The van der Waals surface area contributed by atoms with Crippen molar-refractivity contribution in [2.24, 2.45) is 0 Å². The fourth-order valence-corrected chi connectivity index (χ4v) is 5.75. The number of piperazine rings is 1. The lowest BCUT2D eigenvalue weighted by atomic mass is 10.1. The molecule has 2 N–H and O–H groups in total. The highest BCUT2D eigenvalue weighted by Crippen LogP contribution is 2.29. The number of rotatable bonds is 11. The molecule has 1 saturated heterocycles. The molecular weight excluding hydrogens is 532 g/mol. The van der Waals surface area contributed by atoms with Gasteiger partial charge in [0.2, 0.25) is 0 Å². The van der Waals surface area contributed by atoms with E-state index in [1.165, 1.54) is 13.2 Å². The van der Waals surface area contributed by atoms with Crippen LogP contribution in [0.5, 0.6) is 17.2 Å². The molecule has 0 bridgehead atoms. The number of anilines is 2. The van der Waals surface area contributed by atoms with Crippen molar-refractivity contribution in [3.63, 3.8) is 0 Å². The summed E-state index contributed by atoms with van der Waals surface area (Å²) in [5.74, 6) is 1.59. The van der Waals surface area contributed by atoms with E-state index in [9.17, 15) is 13.2 Å². The van der Waals surface area contributed by atoms with Gasteiger partial charge in [0.1, 0.15) is 10.6 Å². The summed E-state index contributed by atoms with van der Waals surface area (Å²) in [6.45, 7) is 3.16.